The summed E-state index contributed by atoms with van der Waals surface area (Å²) in [6.07, 6.45) is 0. The Morgan fingerprint density at radius 1 is 0.966 bits per heavy atom. The molecule has 1 aliphatic heterocycles. The second kappa shape index (κ2) is 9.10. The largest absolute Gasteiger partial charge is 0.379 e. The number of carbonyl (C=O) groups is 2. The maximum atomic E-state index is 12.7. The molecule has 0 bridgehead atoms. The van der Waals surface area contributed by atoms with Gasteiger partial charge >= 0.3 is 0 Å². The smallest absolute Gasteiger partial charge is 0.271 e. The van der Waals surface area contributed by atoms with Crippen molar-refractivity contribution in [3.05, 3.63) is 63.6 Å². The number of ether oxygens (including phenoxy) is 1. The van der Waals surface area contributed by atoms with Gasteiger partial charge in [-0.3, -0.25) is 20.4 Å². The second-order valence-electron chi connectivity index (χ2n) is 6.05. The molecule has 2 aromatic rings. The number of sulfonamides is 1. The Hall–Kier alpha value is -2.17. The minimum absolute atomic E-state index is 0.0173. The van der Waals surface area contributed by atoms with E-state index in [1.54, 1.807) is 6.07 Å². The molecule has 1 fully saturated rings. The lowest BCUT2D eigenvalue weighted by molar-refractivity contribution is 0.0730. The number of rotatable bonds is 4. The zero-order chi connectivity index (χ0) is 21.0. The van der Waals surface area contributed by atoms with E-state index in [1.165, 1.54) is 40.7 Å². The van der Waals surface area contributed by atoms with Crippen LogP contribution in [0.5, 0.6) is 0 Å². The zero-order valence-corrected chi connectivity index (χ0v) is 17.4. The molecule has 1 heterocycles. The van der Waals surface area contributed by atoms with E-state index >= 15 is 0 Å². The molecular formula is C18H17Cl2N3O5S. The van der Waals surface area contributed by atoms with E-state index in [-0.39, 0.29) is 39.2 Å². The quantitative estimate of drug-likeness (QED) is 0.683. The molecule has 2 amide bonds. The molecule has 2 aromatic carbocycles. The van der Waals surface area contributed by atoms with E-state index in [0.29, 0.717) is 13.2 Å². The number of carbonyl (C=O) groups excluding carboxylic acids is 2. The van der Waals surface area contributed by atoms with Crippen LogP contribution in [0, 0.1) is 0 Å². The molecule has 154 valence electrons. The molecule has 0 aliphatic carbocycles. The fourth-order valence-electron chi connectivity index (χ4n) is 2.67. The number of benzene rings is 2. The van der Waals surface area contributed by atoms with Crippen LogP contribution in [-0.2, 0) is 14.8 Å². The molecule has 1 saturated heterocycles. The van der Waals surface area contributed by atoms with Gasteiger partial charge in [0, 0.05) is 18.7 Å². The predicted molar refractivity (Wildman–Crippen MR) is 107 cm³/mol. The molecule has 0 radical (unpaired) electrons. The number of hydrogen-bond donors (Lipinski definition) is 2. The standard InChI is InChI=1S/C18H17Cl2N3O5S/c19-15-6-2-5-14(16(15)20)18(25)22-21-17(24)12-3-1-4-13(11-12)29(26,27)23-7-9-28-10-8-23/h1-6,11H,7-10H2,(H,21,24)(H,22,25). The van der Waals surface area contributed by atoms with E-state index in [9.17, 15) is 18.0 Å². The van der Waals surface area contributed by atoms with Gasteiger partial charge in [0.1, 0.15) is 0 Å². The summed E-state index contributed by atoms with van der Waals surface area (Å²) < 4.78 is 31.9. The summed E-state index contributed by atoms with van der Waals surface area (Å²) in [4.78, 5) is 24.6. The van der Waals surface area contributed by atoms with Crippen molar-refractivity contribution in [3.63, 3.8) is 0 Å². The monoisotopic (exact) mass is 457 g/mol. The van der Waals surface area contributed by atoms with Gasteiger partial charge in [-0.2, -0.15) is 4.31 Å². The zero-order valence-electron chi connectivity index (χ0n) is 15.0. The number of halogens is 2. The molecule has 0 spiro atoms. The fraction of sp³-hybridized carbons (Fsp3) is 0.222. The summed E-state index contributed by atoms with van der Waals surface area (Å²) in [7, 11) is -3.75. The third-order valence-electron chi connectivity index (χ3n) is 4.19. The Bertz CT molecular complexity index is 1040. The van der Waals surface area contributed by atoms with Gasteiger partial charge in [0.05, 0.1) is 33.7 Å². The second-order valence-corrected chi connectivity index (χ2v) is 8.78. The maximum Gasteiger partial charge on any atom is 0.271 e. The number of hydrazine groups is 1. The first kappa shape index (κ1) is 21.5. The highest BCUT2D eigenvalue weighted by molar-refractivity contribution is 7.89. The van der Waals surface area contributed by atoms with Gasteiger partial charge in [0.25, 0.3) is 11.8 Å². The molecular weight excluding hydrogens is 441 g/mol. The number of hydrogen-bond acceptors (Lipinski definition) is 5. The fourth-order valence-corrected chi connectivity index (χ4v) is 4.51. The SMILES string of the molecule is O=C(NNC(=O)c1cccc(Cl)c1Cl)c1cccc(S(=O)(=O)N2CCOCC2)c1. The van der Waals surface area contributed by atoms with Crippen molar-refractivity contribution in [2.24, 2.45) is 0 Å². The van der Waals surface area contributed by atoms with Gasteiger partial charge in [-0.1, -0.05) is 35.3 Å². The lowest BCUT2D eigenvalue weighted by atomic mass is 10.2. The predicted octanol–water partition coefficient (Wildman–Crippen LogP) is 2.09. The minimum Gasteiger partial charge on any atom is -0.379 e. The first-order valence-corrected chi connectivity index (χ1v) is 10.7. The van der Waals surface area contributed by atoms with Crippen molar-refractivity contribution in [2.45, 2.75) is 4.90 Å². The van der Waals surface area contributed by atoms with Gasteiger partial charge in [-0.25, -0.2) is 8.42 Å². The molecule has 0 unspecified atom stereocenters. The molecule has 0 atom stereocenters. The first-order valence-electron chi connectivity index (χ1n) is 8.53. The van der Waals surface area contributed by atoms with Crippen LogP contribution in [0.2, 0.25) is 10.0 Å². The van der Waals surface area contributed by atoms with E-state index in [2.05, 4.69) is 10.9 Å². The Balaban J connectivity index is 1.71. The van der Waals surface area contributed by atoms with Gasteiger partial charge in [0.15, 0.2) is 0 Å². The molecule has 8 nitrogen and oxygen atoms in total. The molecule has 29 heavy (non-hydrogen) atoms. The Kier molecular flexibility index (Phi) is 6.76. The number of nitrogens with zero attached hydrogens (tertiary/aromatic N) is 1. The maximum absolute atomic E-state index is 12.7. The average molecular weight is 458 g/mol. The molecule has 0 aromatic heterocycles. The van der Waals surface area contributed by atoms with Crippen LogP contribution in [0.15, 0.2) is 47.4 Å². The summed E-state index contributed by atoms with van der Waals surface area (Å²) >= 11 is 11.9. The number of amides is 2. The molecule has 1 aliphatic rings. The first-order chi connectivity index (χ1) is 13.8. The molecule has 2 N–H and O–H groups in total. The molecule has 0 saturated carbocycles. The molecule has 11 heteroatoms. The van der Waals surface area contributed by atoms with Crippen molar-refractivity contribution < 1.29 is 22.7 Å². The van der Waals surface area contributed by atoms with Crippen LogP contribution in [0.3, 0.4) is 0 Å². The Morgan fingerprint density at radius 3 is 2.34 bits per heavy atom. The van der Waals surface area contributed by atoms with Crippen molar-refractivity contribution >= 4 is 45.0 Å². The van der Waals surface area contributed by atoms with Crippen molar-refractivity contribution in [3.8, 4) is 0 Å². The highest BCUT2D eigenvalue weighted by atomic mass is 35.5. The minimum atomic E-state index is -3.75. The summed E-state index contributed by atoms with van der Waals surface area (Å²) in [6, 6.07) is 10.1. The lowest BCUT2D eigenvalue weighted by Gasteiger charge is -2.26. The van der Waals surface area contributed by atoms with E-state index in [1.807, 2.05) is 0 Å². The third kappa shape index (κ3) is 4.88. The van der Waals surface area contributed by atoms with Crippen LogP contribution in [0.4, 0.5) is 0 Å². The van der Waals surface area contributed by atoms with Crippen LogP contribution in [0.1, 0.15) is 20.7 Å². The Morgan fingerprint density at radius 2 is 1.62 bits per heavy atom. The summed E-state index contributed by atoms with van der Waals surface area (Å²) in [5.41, 5.74) is 4.62. The summed E-state index contributed by atoms with van der Waals surface area (Å²) in [6.45, 7) is 1.12. The van der Waals surface area contributed by atoms with Crippen LogP contribution in [-0.4, -0.2) is 50.8 Å². The summed E-state index contributed by atoms with van der Waals surface area (Å²) in [5, 5.41) is 0.256. The number of nitrogens with one attached hydrogen (secondary N) is 2. The highest BCUT2D eigenvalue weighted by Crippen LogP contribution is 2.25. The molecule has 3 rings (SSSR count). The highest BCUT2D eigenvalue weighted by Gasteiger charge is 2.27. The van der Waals surface area contributed by atoms with Crippen molar-refractivity contribution in [1.29, 1.82) is 0 Å². The van der Waals surface area contributed by atoms with Gasteiger partial charge in [0.2, 0.25) is 10.0 Å². The van der Waals surface area contributed by atoms with Crippen molar-refractivity contribution in [1.82, 2.24) is 15.2 Å². The normalized spacial score (nSPS) is 15.0. The van der Waals surface area contributed by atoms with Crippen LogP contribution >= 0.6 is 23.2 Å². The topological polar surface area (TPSA) is 105 Å². The Labute approximate surface area is 177 Å². The van der Waals surface area contributed by atoms with E-state index in [4.69, 9.17) is 27.9 Å². The van der Waals surface area contributed by atoms with Gasteiger partial charge in [-0.05, 0) is 30.3 Å². The van der Waals surface area contributed by atoms with Crippen LogP contribution < -0.4 is 10.9 Å². The van der Waals surface area contributed by atoms with Gasteiger partial charge in [-0.15, -0.1) is 0 Å². The van der Waals surface area contributed by atoms with Gasteiger partial charge < -0.3 is 4.74 Å². The average Bonchev–Trinajstić information content (AvgIpc) is 2.74. The van der Waals surface area contributed by atoms with Crippen molar-refractivity contribution in [2.75, 3.05) is 26.3 Å². The number of morpholine rings is 1. The summed E-state index contributed by atoms with van der Waals surface area (Å²) in [5.74, 6) is -1.35. The third-order valence-corrected chi connectivity index (χ3v) is 6.90. The van der Waals surface area contributed by atoms with Crippen LogP contribution in [0.25, 0.3) is 0 Å². The lowest BCUT2D eigenvalue weighted by Crippen LogP contribution is -2.42. The van der Waals surface area contributed by atoms with E-state index in [0.717, 1.165) is 0 Å². The van der Waals surface area contributed by atoms with E-state index < -0.39 is 21.8 Å².